The van der Waals surface area contributed by atoms with Crippen LogP contribution in [0.4, 0.5) is 11.4 Å². The van der Waals surface area contributed by atoms with E-state index in [1.807, 2.05) is 6.07 Å². The van der Waals surface area contributed by atoms with Crippen LogP contribution in [0.5, 0.6) is 0 Å². The molecule has 1 fully saturated rings. The number of rotatable bonds is 6. The summed E-state index contributed by atoms with van der Waals surface area (Å²) in [6, 6.07) is 6.32. The van der Waals surface area contributed by atoms with Crippen molar-refractivity contribution < 1.29 is 4.92 Å². The summed E-state index contributed by atoms with van der Waals surface area (Å²) in [4.78, 5) is 10.1. The summed E-state index contributed by atoms with van der Waals surface area (Å²) < 4.78 is 0. The molecule has 0 bridgehead atoms. The lowest BCUT2D eigenvalue weighted by Crippen LogP contribution is -2.04. The second kappa shape index (κ2) is 5.50. The minimum absolute atomic E-state index is 0.0462. The number of anilines is 1. The van der Waals surface area contributed by atoms with Gasteiger partial charge in [0.1, 0.15) is 6.07 Å². The standard InChI is InChI=1S/C13H15N3O2/c14-9-11-8-12(16(17)18)5-6-13(11)15-7-1-2-10-3-4-10/h5-6,8,10,15H,1-4,7H2. The quantitative estimate of drug-likeness (QED) is 0.474. The van der Waals surface area contributed by atoms with Gasteiger partial charge in [-0.3, -0.25) is 10.1 Å². The molecule has 1 aromatic carbocycles. The molecule has 0 atom stereocenters. The topological polar surface area (TPSA) is 79.0 Å². The van der Waals surface area contributed by atoms with E-state index in [0.29, 0.717) is 11.3 Å². The van der Waals surface area contributed by atoms with E-state index in [1.54, 1.807) is 6.07 Å². The summed E-state index contributed by atoms with van der Waals surface area (Å²) in [6.45, 7) is 0.809. The fraction of sp³-hybridized carbons (Fsp3) is 0.462. The molecular formula is C13H15N3O2. The molecule has 2 rings (SSSR count). The monoisotopic (exact) mass is 245 g/mol. The van der Waals surface area contributed by atoms with Crippen LogP contribution in [0.3, 0.4) is 0 Å². The van der Waals surface area contributed by atoms with Crippen LogP contribution in [0.15, 0.2) is 18.2 Å². The van der Waals surface area contributed by atoms with Crippen molar-refractivity contribution in [2.45, 2.75) is 25.7 Å². The maximum atomic E-state index is 10.6. The first kappa shape index (κ1) is 12.4. The molecule has 0 aromatic heterocycles. The van der Waals surface area contributed by atoms with E-state index in [9.17, 15) is 10.1 Å². The third kappa shape index (κ3) is 3.20. The van der Waals surface area contributed by atoms with Crippen LogP contribution in [0.2, 0.25) is 0 Å². The van der Waals surface area contributed by atoms with Gasteiger partial charge in [0.2, 0.25) is 0 Å². The molecule has 18 heavy (non-hydrogen) atoms. The molecule has 1 aromatic rings. The van der Waals surface area contributed by atoms with Crippen molar-refractivity contribution in [1.82, 2.24) is 0 Å². The molecule has 0 saturated heterocycles. The Morgan fingerprint density at radius 1 is 1.50 bits per heavy atom. The fourth-order valence-electron chi connectivity index (χ4n) is 1.91. The van der Waals surface area contributed by atoms with Gasteiger partial charge in [0.05, 0.1) is 16.2 Å². The number of nitro benzene ring substituents is 1. The van der Waals surface area contributed by atoms with Gasteiger partial charge in [-0.1, -0.05) is 12.8 Å². The zero-order valence-corrected chi connectivity index (χ0v) is 10.1. The molecule has 1 aliphatic rings. The highest BCUT2D eigenvalue weighted by Crippen LogP contribution is 2.33. The molecular weight excluding hydrogens is 230 g/mol. The molecule has 1 N–H and O–H groups in total. The largest absolute Gasteiger partial charge is 0.384 e. The van der Waals surface area contributed by atoms with Crippen LogP contribution in [0, 0.1) is 27.4 Å². The normalized spacial score (nSPS) is 13.9. The Morgan fingerprint density at radius 3 is 2.89 bits per heavy atom. The Balaban J connectivity index is 1.94. The van der Waals surface area contributed by atoms with Gasteiger partial charge in [0.15, 0.2) is 0 Å². The summed E-state index contributed by atoms with van der Waals surface area (Å²) in [5.41, 5.74) is 0.963. The highest BCUT2D eigenvalue weighted by atomic mass is 16.6. The molecule has 0 amide bonds. The molecule has 94 valence electrons. The lowest BCUT2D eigenvalue weighted by Gasteiger charge is -2.07. The molecule has 0 unspecified atom stereocenters. The molecule has 1 saturated carbocycles. The van der Waals surface area contributed by atoms with Crippen molar-refractivity contribution in [3.05, 3.63) is 33.9 Å². The SMILES string of the molecule is N#Cc1cc([N+](=O)[O-])ccc1NCCCC1CC1. The van der Waals surface area contributed by atoms with E-state index in [2.05, 4.69) is 5.32 Å². The predicted molar refractivity (Wildman–Crippen MR) is 68.3 cm³/mol. The zero-order valence-electron chi connectivity index (χ0n) is 10.1. The van der Waals surface area contributed by atoms with Gasteiger partial charge in [-0.05, 0) is 24.8 Å². The van der Waals surface area contributed by atoms with Crippen LogP contribution in [-0.4, -0.2) is 11.5 Å². The van der Waals surface area contributed by atoms with Crippen LogP contribution in [0.1, 0.15) is 31.2 Å². The predicted octanol–water partition coefficient (Wildman–Crippen LogP) is 3.07. The summed E-state index contributed by atoms with van der Waals surface area (Å²) >= 11 is 0. The Hall–Kier alpha value is -2.09. The summed E-state index contributed by atoms with van der Waals surface area (Å²) in [5, 5.41) is 22.7. The molecule has 5 nitrogen and oxygen atoms in total. The van der Waals surface area contributed by atoms with Crippen molar-refractivity contribution in [2.75, 3.05) is 11.9 Å². The van der Waals surface area contributed by atoms with Crippen LogP contribution < -0.4 is 5.32 Å². The smallest absolute Gasteiger partial charge is 0.270 e. The molecule has 0 heterocycles. The molecule has 1 aliphatic carbocycles. The third-order valence-electron chi connectivity index (χ3n) is 3.14. The lowest BCUT2D eigenvalue weighted by atomic mass is 10.1. The number of nitrogens with one attached hydrogen (secondary N) is 1. The van der Waals surface area contributed by atoms with E-state index in [1.165, 1.54) is 31.4 Å². The van der Waals surface area contributed by atoms with Crippen LogP contribution >= 0.6 is 0 Å². The molecule has 0 radical (unpaired) electrons. The summed E-state index contributed by atoms with van der Waals surface area (Å²) in [7, 11) is 0. The third-order valence-corrected chi connectivity index (χ3v) is 3.14. The number of hydrogen-bond donors (Lipinski definition) is 1. The average molecular weight is 245 g/mol. The first-order valence-corrected chi connectivity index (χ1v) is 6.13. The van der Waals surface area contributed by atoms with Crippen molar-refractivity contribution in [3.63, 3.8) is 0 Å². The maximum Gasteiger partial charge on any atom is 0.270 e. The van der Waals surface area contributed by atoms with Crippen LogP contribution in [0.25, 0.3) is 0 Å². The first-order chi connectivity index (χ1) is 8.70. The van der Waals surface area contributed by atoms with Crippen molar-refractivity contribution in [3.8, 4) is 6.07 Å². The van der Waals surface area contributed by atoms with Gasteiger partial charge in [-0.2, -0.15) is 5.26 Å². The van der Waals surface area contributed by atoms with Crippen molar-refractivity contribution in [2.24, 2.45) is 5.92 Å². The Bertz CT molecular complexity index is 489. The van der Waals surface area contributed by atoms with Gasteiger partial charge < -0.3 is 5.32 Å². The highest BCUT2D eigenvalue weighted by Gasteiger charge is 2.20. The number of benzene rings is 1. The number of nitro groups is 1. The molecule has 0 aliphatic heterocycles. The second-order valence-electron chi connectivity index (χ2n) is 4.61. The molecule has 5 heteroatoms. The van der Waals surface area contributed by atoms with E-state index in [0.717, 1.165) is 18.9 Å². The maximum absolute atomic E-state index is 10.6. The van der Waals surface area contributed by atoms with Gasteiger partial charge in [-0.25, -0.2) is 0 Å². The van der Waals surface area contributed by atoms with E-state index in [4.69, 9.17) is 5.26 Å². The average Bonchev–Trinajstić information content (AvgIpc) is 3.18. The summed E-state index contributed by atoms with van der Waals surface area (Å²) in [6.07, 6.45) is 5.00. The van der Waals surface area contributed by atoms with Gasteiger partial charge in [0.25, 0.3) is 5.69 Å². The van der Waals surface area contributed by atoms with Gasteiger partial charge in [0, 0.05) is 18.7 Å². The minimum atomic E-state index is -0.488. The number of hydrogen-bond acceptors (Lipinski definition) is 4. The Kier molecular flexibility index (Phi) is 3.78. The Labute approximate surface area is 106 Å². The minimum Gasteiger partial charge on any atom is -0.384 e. The molecule has 0 spiro atoms. The lowest BCUT2D eigenvalue weighted by molar-refractivity contribution is -0.384. The van der Waals surface area contributed by atoms with E-state index >= 15 is 0 Å². The zero-order chi connectivity index (χ0) is 13.0. The first-order valence-electron chi connectivity index (χ1n) is 6.13. The fourth-order valence-corrected chi connectivity index (χ4v) is 1.91. The van der Waals surface area contributed by atoms with Gasteiger partial charge >= 0.3 is 0 Å². The number of non-ortho nitro benzene ring substituents is 1. The summed E-state index contributed by atoms with van der Waals surface area (Å²) in [5.74, 6) is 0.902. The van der Waals surface area contributed by atoms with Crippen molar-refractivity contribution in [1.29, 1.82) is 5.26 Å². The van der Waals surface area contributed by atoms with Crippen LogP contribution in [-0.2, 0) is 0 Å². The van der Waals surface area contributed by atoms with Crippen molar-refractivity contribution >= 4 is 11.4 Å². The van der Waals surface area contributed by atoms with E-state index in [-0.39, 0.29) is 5.69 Å². The van der Waals surface area contributed by atoms with Gasteiger partial charge in [-0.15, -0.1) is 0 Å². The van der Waals surface area contributed by atoms with E-state index < -0.39 is 4.92 Å². The number of nitriles is 1. The Morgan fingerprint density at radius 2 is 2.28 bits per heavy atom. The highest BCUT2D eigenvalue weighted by molar-refractivity contribution is 5.61. The number of nitrogens with zero attached hydrogens (tertiary/aromatic N) is 2. The second-order valence-corrected chi connectivity index (χ2v) is 4.61.